The average Bonchev–Trinajstić information content (AvgIpc) is 3.10. The molecule has 12 heteroatoms. The Hall–Kier alpha value is -3.12. The van der Waals surface area contributed by atoms with Crippen molar-refractivity contribution < 1.29 is 13.2 Å². The monoisotopic (exact) mass is 531 g/mol. The van der Waals surface area contributed by atoms with Crippen molar-refractivity contribution in [2.45, 2.75) is 18.7 Å². The maximum atomic E-state index is 12.7. The van der Waals surface area contributed by atoms with Crippen LogP contribution >= 0.6 is 35.2 Å². The Labute approximate surface area is 210 Å². The molecule has 0 aliphatic carbocycles. The summed E-state index contributed by atoms with van der Waals surface area (Å²) in [6, 6.07) is 15.1. The van der Waals surface area contributed by atoms with E-state index in [4.69, 9.17) is 23.8 Å². The molecule has 0 fully saturated rings. The summed E-state index contributed by atoms with van der Waals surface area (Å²) in [6.07, 6.45) is 0. The fraction of sp³-hybridized carbons (Fsp3) is 0.0909. The first kappa shape index (κ1) is 24.0. The van der Waals surface area contributed by atoms with E-state index in [-0.39, 0.29) is 16.0 Å². The molecule has 174 valence electrons. The second kappa shape index (κ2) is 9.63. The average molecular weight is 532 g/mol. The molecule has 0 radical (unpaired) electrons. The number of aryl methyl sites for hydroxylation is 2. The summed E-state index contributed by atoms with van der Waals surface area (Å²) >= 11 is 12.8. The Morgan fingerprint density at radius 2 is 1.68 bits per heavy atom. The van der Waals surface area contributed by atoms with Crippen LogP contribution in [-0.4, -0.2) is 29.4 Å². The SMILES string of the molecule is Cc1cc(C)nc(NS(=O)(=O)c2ccc(NC(=S)NC(=O)c3sc4ccccc4c3Cl)cc2)n1. The number of hydrogen-bond acceptors (Lipinski definition) is 7. The van der Waals surface area contributed by atoms with Gasteiger partial charge in [0.2, 0.25) is 5.95 Å². The zero-order chi connectivity index (χ0) is 24.5. The number of thiocarbonyl (C=S) groups is 1. The Balaban J connectivity index is 1.42. The molecule has 2 aromatic carbocycles. The second-order valence-corrected chi connectivity index (χ2v) is 10.8. The molecule has 3 N–H and O–H groups in total. The van der Waals surface area contributed by atoms with Crippen LogP contribution in [-0.2, 0) is 10.0 Å². The molecule has 2 heterocycles. The predicted octanol–water partition coefficient (Wildman–Crippen LogP) is 4.89. The fourth-order valence-electron chi connectivity index (χ4n) is 3.15. The minimum Gasteiger partial charge on any atom is -0.332 e. The van der Waals surface area contributed by atoms with E-state index in [2.05, 4.69) is 25.3 Å². The highest BCUT2D eigenvalue weighted by molar-refractivity contribution is 7.92. The van der Waals surface area contributed by atoms with Crippen molar-refractivity contribution in [1.82, 2.24) is 15.3 Å². The first-order valence-electron chi connectivity index (χ1n) is 9.87. The number of aromatic nitrogens is 2. The number of rotatable bonds is 5. The van der Waals surface area contributed by atoms with E-state index in [1.807, 2.05) is 24.3 Å². The van der Waals surface area contributed by atoms with Gasteiger partial charge in [0.15, 0.2) is 5.11 Å². The van der Waals surface area contributed by atoms with E-state index < -0.39 is 15.9 Å². The highest BCUT2D eigenvalue weighted by Crippen LogP contribution is 2.35. The fourth-order valence-corrected chi connectivity index (χ4v) is 5.72. The van der Waals surface area contributed by atoms with Crippen molar-refractivity contribution in [3.8, 4) is 0 Å². The lowest BCUT2D eigenvalue weighted by atomic mass is 10.2. The molecule has 2 aromatic heterocycles. The lowest BCUT2D eigenvalue weighted by Gasteiger charge is -2.11. The Bertz CT molecular complexity index is 1500. The van der Waals surface area contributed by atoms with Crippen molar-refractivity contribution in [2.75, 3.05) is 10.0 Å². The van der Waals surface area contributed by atoms with Gasteiger partial charge in [0.25, 0.3) is 15.9 Å². The second-order valence-electron chi connectivity index (χ2n) is 7.25. The summed E-state index contributed by atoms with van der Waals surface area (Å²) in [4.78, 5) is 21.2. The van der Waals surface area contributed by atoms with Crippen LogP contribution in [0.25, 0.3) is 10.1 Å². The van der Waals surface area contributed by atoms with Crippen LogP contribution in [0.4, 0.5) is 11.6 Å². The Morgan fingerprint density at radius 1 is 1.03 bits per heavy atom. The first-order valence-corrected chi connectivity index (χ1v) is 13.0. The molecule has 4 rings (SSSR count). The Kier molecular flexibility index (Phi) is 6.80. The molecule has 0 bridgehead atoms. The lowest BCUT2D eigenvalue weighted by molar-refractivity contribution is 0.0982. The molecule has 0 aliphatic heterocycles. The van der Waals surface area contributed by atoms with Gasteiger partial charge in [-0.25, -0.2) is 23.1 Å². The molecule has 8 nitrogen and oxygen atoms in total. The van der Waals surface area contributed by atoms with Crippen LogP contribution in [0.5, 0.6) is 0 Å². The van der Waals surface area contributed by atoms with Crippen LogP contribution in [0, 0.1) is 13.8 Å². The van der Waals surface area contributed by atoms with Crippen LogP contribution in [0.1, 0.15) is 21.1 Å². The quantitative estimate of drug-likeness (QED) is 0.314. The zero-order valence-electron chi connectivity index (χ0n) is 17.9. The van der Waals surface area contributed by atoms with E-state index in [1.54, 1.807) is 19.9 Å². The molecule has 0 saturated heterocycles. The number of anilines is 2. The van der Waals surface area contributed by atoms with Crippen LogP contribution in [0.2, 0.25) is 5.02 Å². The Morgan fingerprint density at radius 3 is 2.32 bits per heavy atom. The van der Waals surface area contributed by atoms with Gasteiger partial charge in [0, 0.05) is 27.2 Å². The zero-order valence-corrected chi connectivity index (χ0v) is 21.1. The molecular formula is C22H18ClN5O3S3. The minimum absolute atomic E-state index is 0.00323. The number of carbonyl (C=O) groups is 1. The molecule has 34 heavy (non-hydrogen) atoms. The van der Waals surface area contributed by atoms with E-state index >= 15 is 0 Å². The summed E-state index contributed by atoms with van der Waals surface area (Å²) in [5.74, 6) is -0.427. The third-order valence-electron chi connectivity index (χ3n) is 4.60. The van der Waals surface area contributed by atoms with E-state index in [9.17, 15) is 13.2 Å². The summed E-state index contributed by atoms with van der Waals surface area (Å²) < 4.78 is 28.6. The number of sulfonamides is 1. The van der Waals surface area contributed by atoms with Crippen molar-refractivity contribution in [3.63, 3.8) is 0 Å². The van der Waals surface area contributed by atoms with Gasteiger partial charge in [-0.05, 0) is 62.5 Å². The maximum Gasteiger partial charge on any atom is 0.269 e. The maximum absolute atomic E-state index is 12.7. The van der Waals surface area contributed by atoms with Crippen molar-refractivity contribution in [3.05, 3.63) is 75.9 Å². The third kappa shape index (κ3) is 5.33. The number of halogens is 1. The van der Waals surface area contributed by atoms with Gasteiger partial charge < -0.3 is 5.32 Å². The number of nitrogens with one attached hydrogen (secondary N) is 3. The first-order chi connectivity index (χ1) is 16.1. The number of fused-ring (bicyclic) bond motifs is 1. The third-order valence-corrected chi connectivity index (χ3v) is 7.82. The largest absolute Gasteiger partial charge is 0.332 e. The van der Waals surface area contributed by atoms with Crippen molar-refractivity contribution in [1.29, 1.82) is 0 Å². The van der Waals surface area contributed by atoms with Gasteiger partial charge in [-0.15, -0.1) is 11.3 Å². The van der Waals surface area contributed by atoms with Crippen LogP contribution < -0.4 is 15.4 Å². The van der Waals surface area contributed by atoms with E-state index in [0.29, 0.717) is 27.0 Å². The lowest BCUT2D eigenvalue weighted by Crippen LogP contribution is -2.33. The molecular weight excluding hydrogens is 514 g/mol. The number of nitrogens with zero attached hydrogens (tertiary/aromatic N) is 2. The standard InChI is InChI=1S/C22H18ClN5O3S3/c1-12-11-13(2)25-21(24-12)28-34(30,31)15-9-7-14(8-10-15)26-22(32)27-20(29)19-18(23)16-5-3-4-6-17(16)33-19/h3-11H,1-2H3,(H,24,25,28)(H2,26,27,29,32). The number of amides is 1. The molecule has 0 spiro atoms. The van der Waals surface area contributed by atoms with Crippen LogP contribution in [0.15, 0.2) is 59.5 Å². The minimum atomic E-state index is -3.88. The summed E-state index contributed by atoms with van der Waals surface area (Å²) in [7, 11) is -3.88. The van der Waals surface area contributed by atoms with Gasteiger partial charge in [-0.3, -0.25) is 10.1 Å². The predicted molar refractivity (Wildman–Crippen MR) is 139 cm³/mol. The van der Waals surface area contributed by atoms with Gasteiger partial charge >= 0.3 is 0 Å². The molecule has 1 amide bonds. The highest BCUT2D eigenvalue weighted by Gasteiger charge is 2.19. The summed E-state index contributed by atoms with van der Waals surface area (Å²) in [6.45, 7) is 3.51. The van der Waals surface area contributed by atoms with Crippen LogP contribution in [0.3, 0.4) is 0 Å². The summed E-state index contributed by atoms with van der Waals surface area (Å²) in [5.41, 5.74) is 1.80. The number of thiophene rings is 1. The van der Waals surface area contributed by atoms with E-state index in [1.165, 1.54) is 35.6 Å². The van der Waals surface area contributed by atoms with Gasteiger partial charge in [0.1, 0.15) is 4.88 Å². The summed E-state index contributed by atoms with van der Waals surface area (Å²) in [5, 5.41) is 6.68. The number of carbonyl (C=O) groups excluding carboxylic acids is 1. The molecule has 0 aliphatic rings. The van der Waals surface area contributed by atoms with Crippen molar-refractivity contribution in [2.24, 2.45) is 0 Å². The van der Waals surface area contributed by atoms with Gasteiger partial charge in [-0.1, -0.05) is 29.8 Å². The number of hydrogen-bond donors (Lipinski definition) is 3. The molecule has 0 atom stereocenters. The topological polar surface area (TPSA) is 113 Å². The van der Waals surface area contributed by atoms with Gasteiger partial charge in [0.05, 0.1) is 9.92 Å². The molecule has 0 unspecified atom stereocenters. The normalized spacial score (nSPS) is 11.3. The smallest absolute Gasteiger partial charge is 0.269 e. The molecule has 0 saturated carbocycles. The number of benzene rings is 2. The highest BCUT2D eigenvalue weighted by atomic mass is 35.5. The van der Waals surface area contributed by atoms with Crippen molar-refractivity contribution >= 4 is 77.9 Å². The molecule has 4 aromatic rings. The van der Waals surface area contributed by atoms with E-state index in [0.717, 1.165) is 10.1 Å². The van der Waals surface area contributed by atoms with Gasteiger partial charge in [-0.2, -0.15) is 0 Å².